The van der Waals surface area contributed by atoms with E-state index in [2.05, 4.69) is 4.98 Å². The SMILES string of the molecule is Cc1cn([C@H]2C[C@H](OC(=O)c3ccccc3)[C@@H](CC[P+](C)=O)O2)c(=O)[nH]c1=O. The van der Waals surface area contributed by atoms with Gasteiger partial charge in [0.2, 0.25) is 0 Å². The zero-order chi connectivity index (χ0) is 20.3. The van der Waals surface area contributed by atoms with Crippen LogP contribution < -0.4 is 11.2 Å². The van der Waals surface area contributed by atoms with Gasteiger partial charge in [0.1, 0.15) is 31.3 Å². The predicted molar refractivity (Wildman–Crippen MR) is 103 cm³/mol. The van der Waals surface area contributed by atoms with Crippen molar-refractivity contribution >= 4 is 13.8 Å². The zero-order valence-electron chi connectivity index (χ0n) is 15.7. The largest absolute Gasteiger partial charge is 0.456 e. The number of esters is 1. The van der Waals surface area contributed by atoms with Crippen LogP contribution in [0.5, 0.6) is 0 Å². The molecule has 1 saturated heterocycles. The fourth-order valence-corrected chi connectivity index (χ4v) is 3.76. The van der Waals surface area contributed by atoms with Crippen molar-refractivity contribution in [3.05, 3.63) is 68.5 Å². The van der Waals surface area contributed by atoms with Crippen LogP contribution in [0.25, 0.3) is 0 Å². The van der Waals surface area contributed by atoms with Gasteiger partial charge in [0.05, 0.1) is 5.56 Å². The molecule has 0 aliphatic carbocycles. The molecule has 1 aromatic heterocycles. The first-order valence-electron chi connectivity index (χ1n) is 8.97. The van der Waals surface area contributed by atoms with Gasteiger partial charge in [-0.2, -0.15) is 0 Å². The Kier molecular flexibility index (Phi) is 6.21. The third-order valence-corrected chi connectivity index (χ3v) is 5.52. The third kappa shape index (κ3) is 4.64. The molecule has 8 nitrogen and oxygen atoms in total. The number of nitrogens with one attached hydrogen (secondary N) is 1. The molecule has 148 valence electrons. The average Bonchev–Trinajstić information content (AvgIpc) is 3.06. The van der Waals surface area contributed by atoms with Crippen LogP contribution >= 0.6 is 7.80 Å². The summed E-state index contributed by atoms with van der Waals surface area (Å²) in [7, 11) is -1.37. The highest BCUT2D eigenvalue weighted by molar-refractivity contribution is 7.43. The molecule has 0 amide bonds. The normalized spacial score (nSPS) is 22.1. The number of carbonyl (C=O) groups is 1. The average molecular weight is 405 g/mol. The Morgan fingerprint density at radius 2 is 2.04 bits per heavy atom. The van der Waals surface area contributed by atoms with Crippen LogP contribution in [0.4, 0.5) is 0 Å². The van der Waals surface area contributed by atoms with Gasteiger partial charge in [-0.15, -0.1) is 0 Å². The number of nitrogens with zero attached hydrogens (tertiary/aromatic N) is 1. The van der Waals surface area contributed by atoms with Crippen molar-refractivity contribution in [3.63, 3.8) is 0 Å². The van der Waals surface area contributed by atoms with Crippen LogP contribution in [0, 0.1) is 6.92 Å². The van der Waals surface area contributed by atoms with Gasteiger partial charge in [-0.05, 0) is 19.1 Å². The minimum Gasteiger partial charge on any atom is -0.456 e. The van der Waals surface area contributed by atoms with Crippen molar-refractivity contribution < 1.29 is 18.8 Å². The van der Waals surface area contributed by atoms with E-state index in [1.807, 2.05) is 0 Å². The van der Waals surface area contributed by atoms with Gasteiger partial charge >= 0.3 is 19.5 Å². The number of aromatic nitrogens is 2. The van der Waals surface area contributed by atoms with Crippen LogP contribution in [0.15, 0.2) is 46.1 Å². The van der Waals surface area contributed by atoms with E-state index in [9.17, 15) is 18.9 Å². The molecule has 3 rings (SSSR count). The first kappa shape index (κ1) is 20.2. The minimum atomic E-state index is -1.37. The van der Waals surface area contributed by atoms with Crippen LogP contribution in [-0.4, -0.2) is 40.6 Å². The van der Waals surface area contributed by atoms with Crippen LogP contribution in [0.3, 0.4) is 0 Å². The van der Waals surface area contributed by atoms with Gasteiger partial charge in [0, 0.05) is 24.6 Å². The first-order valence-corrected chi connectivity index (χ1v) is 10.9. The summed E-state index contributed by atoms with van der Waals surface area (Å²) in [6, 6.07) is 8.60. The Morgan fingerprint density at radius 1 is 1.32 bits per heavy atom. The lowest BCUT2D eigenvalue weighted by Crippen LogP contribution is -2.33. The third-order valence-electron chi connectivity index (χ3n) is 4.63. The molecule has 0 saturated carbocycles. The molecule has 1 N–H and O–H groups in total. The van der Waals surface area contributed by atoms with E-state index in [1.165, 1.54) is 10.8 Å². The number of hydrogen-bond donors (Lipinski definition) is 1. The molecule has 4 atom stereocenters. The summed E-state index contributed by atoms with van der Waals surface area (Å²) in [6.45, 7) is 3.22. The molecule has 0 bridgehead atoms. The first-order chi connectivity index (χ1) is 13.3. The van der Waals surface area contributed by atoms with Crippen molar-refractivity contribution in [3.8, 4) is 0 Å². The summed E-state index contributed by atoms with van der Waals surface area (Å²) in [6.07, 6.45) is 0.788. The Bertz CT molecular complexity index is 984. The monoisotopic (exact) mass is 405 g/mol. The van der Waals surface area contributed by atoms with E-state index in [0.29, 0.717) is 23.7 Å². The highest BCUT2D eigenvalue weighted by Gasteiger charge is 2.40. The molecule has 0 radical (unpaired) electrons. The fourth-order valence-electron chi connectivity index (χ4n) is 3.14. The van der Waals surface area contributed by atoms with Crippen LogP contribution in [0.1, 0.15) is 35.0 Å². The van der Waals surface area contributed by atoms with Gasteiger partial charge in [0.25, 0.3) is 5.56 Å². The number of H-pyrrole nitrogens is 1. The molecule has 28 heavy (non-hydrogen) atoms. The molecular formula is C19H22N2O6P+. The topological polar surface area (TPSA) is 107 Å². The lowest BCUT2D eigenvalue weighted by molar-refractivity contribution is -0.0306. The zero-order valence-corrected chi connectivity index (χ0v) is 16.6. The van der Waals surface area contributed by atoms with Gasteiger partial charge < -0.3 is 9.47 Å². The standard InChI is InChI=1S/C19H21N2O6P/c1-12-11-21(19(24)20-17(12)22)16-10-15(14(26-16)8-9-28(2)25)27-18(23)13-6-4-3-5-7-13/h3-7,11,14-16H,8-10H2,1-2H3/p+1/t14-,15+,16-/m1/s1. The quantitative estimate of drug-likeness (QED) is 0.583. The Morgan fingerprint density at radius 3 is 2.71 bits per heavy atom. The van der Waals surface area contributed by atoms with Gasteiger partial charge in [0.15, 0.2) is 0 Å². The number of aryl methyl sites for hydroxylation is 1. The van der Waals surface area contributed by atoms with E-state index in [4.69, 9.17) is 9.47 Å². The van der Waals surface area contributed by atoms with Crippen molar-refractivity contribution in [1.29, 1.82) is 0 Å². The maximum absolute atomic E-state index is 12.4. The molecule has 9 heteroatoms. The Balaban J connectivity index is 1.82. The molecule has 2 heterocycles. The molecule has 1 fully saturated rings. The summed E-state index contributed by atoms with van der Waals surface area (Å²) in [5.41, 5.74) is -0.244. The second-order valence-corrected chi connectivity index (χ2v) is 8.50. The van der Waals surface area contributed by atoms with E-state index < -0.39 is 43.5 Å². The second-order valence-electron chi connectivity index (χ2n) is 6.79. The van der Waals surface area contributed by atoms with E-state index in [0.717, 1.165) is 0 Å². The molecule has 1 aromatic carbocycles. The summed E-state index contributed by atoms with van der Waals surface area (Å²) < 4.78 is 24.4. The number of rotatable bonds is 6. The van der Waals surface area contributed by atoms with Crippen molar-refractivity contribution in [2.24, 2.45) is 0 Å². The number of aromatic amines is 1. The summed E-state index contributed by atoms with van der Waals surface area (Å²) in [4.78, 5) is 38.5. The Labute approximate surface area is 162 Å². The highest BCUT2D eigenvalue weighted by atomic mass is 31.1. The van der Waals surface area contributed by atoms with Crippen molar-refractivity contribution in [1.82, 2.24) is 9.55 Å². The molecule has 0 spiro atoms. The maximum atomic E-state index is 12.4. The van der Waals surface area contributed by atoms with Gasteiger partial charge in [-0.25, -0.2) is 9.59 Å². The summed E-state index contributed by atoms with van der Waals surface area (Å²) >= 11 is 0. The maximum Gasteiger partial charge on any atom is 0.338 e. The summed E-state index contributed by atoms with van der Waals surface area (Å²) in [5.74, 6) is -0.481. The van der Waals surface area contributed by atoms with Crippen LogP contribution in [-0.2, 0) is 14.0 Å². The molecule has 1 aliphatic rings. The summed E-state index contributed by atoms with van der Waals surface area (Å²) in [5, 5.41) is 0. The molecule has 1 unspecified atom stereocenters. The number of ether oxygens (including phenoxy) is 2. The molecular weight excluding hydrogens is 383 g/mol. The van der Waals surface area contributed by atoms with Crippen LogP contribution in [0.2, 0.25) is 0 Å². The lowest BCUT2D eigenvalue weighted by atomic mass is 10.1. The van der Waals surface area contributed by atoms with E-state index in [1.54, 1.807) is 43.9 Å². The number of benzene rings is 1. The van der Waals surface area contributed by atoms with Crippen molar-refractivity contribution in [2.75, 3.05) is 12.8 Å². The predicted octanol–water partition coefficient (Wildman–Crippen LogP) is 2.21. The fraction of sp³-hybridized carbons (Fsp3) is 0.421. The highest BCUT2D eigenvalue weighted by Crippen LogP contribution is 2.34. The van der Waals surface area contributed by atoms with Gasteiger partial charge in [-0.1, -0.05) is 22.8 Å². The lowest BCUT2D eigenvalue weighted by Gasteiger charge is -2.17. The minimum absolute atomic E-state index is 0.259. The Hall–Kier alpha value is -2.57. The van der Waals surface area contributed by atoms with Gasteiger partial charge in [-0.3, -0.25) is 14.3 Å². The smallest absolute Gasteiger partial charge is 0.338 e. The molecule has 2 aromatic rings. The van der Waals surface area contributed by atoms with Crippen molar-refractivity contribution in [2.45, 2.75) is 38.2 Å². The second kappa shape index (κ2) is 8.63. The van der Waals surface area contributed by atoms with E-state index >= 15 is 0 Å². The number of hydrogen-bond acceptors (Lipinski definition) is 6. The molecule has 1 aliphatic heterocycles. The number of carbonyl (C=O) groups excluding carboxylic acids is 1. The van der Waals surface area contributed by atoms with E-state index in [-0.39, 0.29) is 6.42 Å².